The fourth-order valence-electron chi connectivity index (χ4n) is 3.17. The molecule has 8 nitrogen and oxygen atoms in total. The molecule has 1 saturated heterocycles. The van der Waals surface area contributed by atoms with Crippen LogP contribution in [0.2, 0.25) is 0 Å². The number of nitro benzene ring substituents is 1. The lowest BCUT2D eigenvalue weighted by Crippen LogP contribution is -2.49. The molecule has 0 bridgehead atoms. The first kappa shape index (κ1) is 18.4. The third-order valence-electron chi connectivity index (χ3n) is 4.61. The molecule has 0 spiro atoms. The number of hydrogen-bond acceptors (Lipinski definition) is 5. The Hall–Kier alpha value is -3.42. The molecule has 1 heterocycles. The predicted molar refractivity (Wildman–Crippen MR) is 99.4 cm³/mol. The van der Waals surface area contributed by atoms with Gasteiger partial charge in [-0.15, -0.1) is 0 Å². The second-order valence-corrected chi connectivity index (χ2v) is 6.41. The highest BCUT2D eigenvalue weighted by Crippen LogP contribution is 2.22. The average Bonchev–Trinajstić information content (AvgIpc) is 2.67. The molecule has 27 heavy (non-hydrogen) atoms. The molecule has 3 rings (SSSR count). The molecule has 1 amide bonds. The minimum absolute atomic E-state index is 0.152. The fourth-order valence-corrected chi connectivity index (χ4v) is 3.17. The number of carbonyl (C=O) groups excluding carboxylic acids is 1. The number of benzene rings is 2. The molecule has 1 fully saturated rings. The number of amides is 1. The highest BCUT2D eigenvalue weighted by Gasteiger charge is 2.27. The highest BCUT2D eigenvalue weighted by molar-refractivity contribution is 6.05. The Labute approximate surface area is 155 Å². The van der Waals surface area contributed by atoms with Crippen LogP contribution in [0.5, 0.6) is 0 Å². The number of carboxylic acids is 1. The van der Waals surface area contributed by atoms with Crippen molar-refractivity contribution in [2.75, 3.05) is 31.1 Å². The van der Waals surface area contributed by atoms with Crippen LogP contribution in [0.15, 0.2) is 42.5 Å². The van der Waals surface area contributed by atoms with Gasteiger partial charge < -0.3 is 14.9 Å². The summed E-state index contributed by atoms with van der Waals surface area (Å²) < 4.78 is 0. The quantitative estimate of drug-likeness (QED) is 0.656. The van der Waals surface area contributed by atoms with Gasteiger partial charge in [0.25, 0.3) is 11.6 Å². The van der Waals surface area contributed by atoms with Gasteiger partial charge in [-0.2, -0.15) is 0 Å². The van der Waals surface area contributed by atoms with Gasteiger partial charge in [-0.3, -0.25) is 14.9 Å². The Morgan fingerprint density at radius 3 is 2.33 bits per heavy atom. The summed E-state index contributed by atoms with van der Waals surface area (Å²) in [6.45, 7) is 4.04. The normalized spacial score (nSPS) is 14.1. The van der Waals surface area contributed by atoms with Crippen molar-refractivity contribution >= 4 is 23.3 Å². The van der Waals surface area contributed by atoms with E-state index in [0.29, 0.717) is 26.2 Å². The van der Waals surface area contributed by atoms with Gasteiger partial charge in [0.05, 0.1) is 16.1 Å². The lowest BCUT2D eigenvalue weighted by atomic mass is 10.0. The van der Waals surface area contributed by atoms with E-state index in [0.717, 1.165) is 29.4 Å². The van der Waals surface area contributed by atoms with E-state index in [1.807, 2.05) is 25.1 Å². The van der Waals surface area contributed by atoms with Crippen molar-refractivity contribution < 1.29 is 19.6 Å². The summed E-state index contributed by atoms with van der Waals surface area (Å²) in [5, 5.41) is 20.3. The number of carbonyl (C=O) groups is 2. The monoisotopic (exact) mass is 369 g/mol. The Morgan fingerprint density at radius 2 is 1.74 bits per heavy atom. The van der Waals surface area contributed by atoms with Crippen molar-refractivity contribution in [1.29, 1.82) is 0 Å². The van der Waals surface area contributed by atoms with E-state index in [1.54, 1.807) is 0 Å². The number of nitrogens with zero attached hydrogens (tertiary/aromatic N) is 3. The van der Waals surface area contributed by atoms with Gasteiger partial charge in [-0.1, -0.05) is 12.1 Å². The summed E-state index contributed by atoms with van der Waals surface area (Å²) in [5.74, 6) is -1.79. The largest absolute Gasteiger partial charge is 0.478 e. The second-order valence-electron chi connectivity index (χ2n) is 6.41. The van der Waals surface area contributed by atoms with Crippen LogP contribution in [-0.4, -0.2) is 53.0 Å². The first-order chi connectivity index (χ1) is 12.9. The number of carboxylic acid groups (broad SMARTS) is 1. The Kier molecular flexibility index (Phi) is 5.07. The van der Waals surface area contributed by atoms with E-state index in [-0.39, 0.29) is 16.8 Å². The zero-order chi connectivity index (χ0) is 19.6. The molecule has 1 N–H and O–H groups in total. The first-order valence-electron chi connectivity index (χ1n) is 8.49. The maximum atomic E-state index is 12.8. The second kappa shape index (κ2) is 7.45. The van der Waals surface area contributed by atoms with Crippen LogP contribution in [-0.2, 0) is 0 Å². The lowest BCUT2D eigenvalue weighted by molar-refractivity contribution is -0.384. The van der Waals surface area contributed by atoms with Gasteiger partial charge in [0.1, 0.15) is 0 Å². The Morgan fingerprint density at radius 1 is 1.04 bits per heavy atom. The summed E-state index contributed by atoms with van der Waals surface area (Å²) in [6.07, 6.45) is 0. The molecule has 0 unspecified atom stereocenters. The van der Waals surface area contributed by atoms with Gasteiger partial charge >= 0.3 is 5.97 Å². The van der Waals surface area contributed by atoms with Gasteiger partial charge in [-0.25, -0.2) is 4.79 Å². The number of rotatable bonds is 4. The summed E-state index contributed by atoms with van der Waals surface area (Å²) in [7, 11) is 0. The van der Waals surface area contributed by atoms with Crippen LogP contribution >= 0.6 is 0 Å². The molecular formula is C19H19N3O5. The molecule has 1 aliphatic rings. The number of non-ortho nitro benzene ring substituents is 1. The van der Waals surface area contributed by atoms with E-state index in [4.69, 9.17) is 0 Å². The van der Waals surface area contributed by atoms with Crippen molar-refractivity contribution in [3.8, 4) is 0 Å². The SMILES string of the molecule is Cc1cccc(N2CCN(C(=O)c3cc([N+](=O)[O-])ccc3C(=O)O)CC2)c1. The maximum Gasteiger partial charge on any atom is 0.336 e. The third kappa shape index (κ3) is 3.89. The van der Waals surface area contributed by atoms with Gasteiger partial charge in [0.15, 0.2) is 0 Å². The van der Waals surface area contributed by atoms with Crippen LogP contribution in [0, 0.1) is 17.0 Å². The molecule has 2 aromatic rings. The molecule has 0 radical (unpaired) electrons. The van der Waals surface area contributed by atoms with Gasteiger partial charge in [-0.05, 0) is 30.7 Å². The zero-order valence-corrected chi connectivity index (χ0v) is 14.8. The summed E-state index contributed by atoms with van der Waals surface area (Å²) in [4.78, 5) is 38.3. The third-order valence-corrected chi connectivity index (χ3v) is 4.61. The summed E-state index contributed by atoms with van der Waals surface area (Å²) >= 11 is 0. The average molecular weight is 369 g/mol. The maximum absolute atomic E-state index is 12.8. The van der Waals surface area contributed by atoms with E-state index < -0.39 is 16.8 Å². The minimum atomic E-state index is -1.29. The zero-order valence-electron chi connectivity index (χ0n) is 14.8. The molecule has 0 atom stereocenters. The van der Waals surface area contributed by atoms with E-state index in [9.17, 15) is 24.8 Å². The summed E-state index contributed by atoms with van der Waals surface area (Å²) in [6, 6.07) is 11.3. The number of piperazine rings is 1. The fraction of sp³-hybridized carbons (Fsp3) is 0.263. The molecule has 0 aromatic heterocycles. The van der Waals surface area contributed by atoms with Crippen LogP contribution in [0.1, 0.15) is 26.3 Å². The molecule has 8 heteroatoms. The van der Waals surface area contributed by atoms with Gasteiger partial charge in [0.2, 0.25) is 0 Å². The molecular weight excluding hydrogens is 350 g/mol. The van der Waals surface area contributed by atoms with E-state index >= 15 is 0 Å². The van der Waals surface area contributed by atoms with Crippen molar-refractivity contribution in [3.63, 3.8) is 0 Å². The number of hydrogen-bond donors (Lipinski definition) is 1. The Balaban J connectivity index is 1.78. The molecule has 1 aliphatic heterocycles. The Bertz CT molecular complexity index is 904. The van der Waals surface area contributed by atoms with Crippen LogP contribution < -0.4 is 4.90 Å². The lowest BCUT2D eigenvalue weighted by Gasteiger charge is -2.36. The number of aryl methyl sites for hydroxylation is 1. The minimum Gasteiger partial charge on any atom is -0.478 e. The number of nitro groups is 1. The smallest absolute Gasteiger partial charge is 0.336 e. The van der Waals surface area contributed by atoms with E-state index in [2.05, 4.69) is 11.0 Å². The van der Waals surface area contributed by atoms with Crippen molar-refractivity contribution in [2.45, 2.75) is 6.92 Å². The van der Waals surface area contributed by atoms with Gasteiger partial charge in [0, 0.05) is 44.0 Å². The number of anilines is 1. The summed E-state index contributed by atoms with van der Waals surface area (Å²) in [5.41, 5.74) is 1.53. The van der Waals surface area contributed by atoms with Crippen molar-refractivity contribution in [3.05, 3.63) is 69.3 Å². The molecule has 0 saturated carbocycles. The first-order valence-corrected chi connectivity index (χ1v) is 8.49. The topological polar surface area (TPSA) is 104 Å². The molecule has 0 aliphatic carbocycles. The molecule has 140 valence electrons. The standard InChI is InChI=1S/C19H19N3O5/c1-13-3-2-4-14(11-13)20-7-9-21(10-8-20)18(23)17-12-15(22(26)27)5-6-16(17)19(24)25/h2-6,11-12H,7-10H2,1H3,(H,24,25). The number of aromatic carboxylic acids is 1. The van der Waals surface area contributed by atoms with Crippen LogP contribution in [0.25, 0.3) is 0 Å². The van der Waals surface area contributed by atoms with Crippen molar-refractivity contribution in [2.24, 2.45) is 0 Å². The van der Waals surface area contributed by atoms with E-state index in [1.165, 1.54) is 4.90 Å². The van der Waals surface area contributed by atoms with Crippen molar-refractivity contribution in [1.82, 2.24) is 4.90 Å². The highest BCUT2D eigenvalue weighted by atomic mass is 16.6. The van der Waals surface area contributed by atoms with Crippen LogP contribution in [0.3, 0.4) is 0 Å². The van der Waals surface area contributed by atoms with Crippen LogP contribution in [0.4, 0.5) is 11.4 Å². The molecule has 2 aromatic carbocycles. The predicted octanol–water partition coefficient (Wildman–Crippen LogP) is 2.56.